The summed E-state index contributed by atoms with van der Waals surface area (Å²) >= 11 is 0. The number of nitrogens with zero attached hydrogens (tertiary/aromatic N) is 4. The Labute approximate surface area is 243 Å². The minimum absolute atomic E-state index is 0.925. The highest BCUT2D eigenvalue weighted by Crippen LogP contribution is 2.35. The van der Waals surface area contributed by atoms with E-state index in [1.807, 2.05) is 36.4 Å². The van der Waals surface area contributed by atoms with E-state index in [1.54, 1.807) is 0 Å². The second-order valence-electron chi connectivity index (χ2n) is 10.4. The van der Waals surface area contributed by atoms with E-state index in [2.05, 4.69) is 119 Å². The Bertz CT molecular complexity index is 2320. The van der Waals surface area contributed by atoms with Crippen LogP contribution in [0.5, 0.6) is 0 Å². The summed E-state index contributed by atoms with van der Waals surface area (Å²) in [5.41, 5.74) is 11.5. The first-order chi connectivity index (χ1) is 20.7. The summed E-state index contributed by atoms with van der Waals surface area (Å²) in [4.78, 5) is 9.99. The molecule has 0 amide bonds. The van der Waals surface area contributed by atoms with Gasteiger partial charge in [0.25, 0.3) is 0 Å². The molecule has 0 fully saturated rings. The van der Waals surface area contributed by atoms with Gasteiger partial charge in [0.2, 0.25) is 0 Å². The number of hydrogen-bond donors (Lipinski definition) is 0. The molecule has 198 valence electrons. The Hall–Kier alpha value is -5.74. The molecule has 4 nitrogen and oxygen atoms in total. The summed E-state index contributed by atoms with van der Waals surface area (Å²) in [5, 5.41) is 2.20. The fraction of sp³-hybridized carbons (Fsp3) is 0. The summed E-state index contributed by atoms with van der Waals surface area (Å²) < 4.78 is 4.43. The van der Waals surface area contributed by atoms with Gasteiger partial charge in [-0.25, -0.2) is 9.97 Å². The Kier molecular flexibility index (Phi) is 5.41. The van der Waals surface area contributed by atoms with E-state index < -0.39 is 0 Å². The van der Waals surface area contributed by atoms with E-state index in [-0.39, 0.29) is 0 Å². The molecule has 0 bridgehead atoms. The third kappa shape index (κ3) is 3.55. The molecule has 0 aliphatic carbocycles. The van der Waals surface area contributed by atoms with Gasteiger partial charge >= 0.3 is 0 Å². The van der Waals surface area contributed by atoms with Crippen LogP contribution in [0, 0.1) is 0 Å². The molecule has 0 saturated heterocycles. The van der Waals surface area contributed by atoms with E-state index in [0.29, 0.717) is 0 Å². The molecule has 8 rings (SSSR count). The lowest BCUT2D eigenvalue weighted by atomic mass is 9.97. The first kappa shape index (κ1) is 24.1. The SMILES string of the molecule is C=Cc1c(C=C)n2c3ccccc3nc2c2ccc(-c3ccc(-n4c(-c5ccccc5)nc5ccccc54)cc3)cc12. The number of para-hydroxylation sites is 4. The van der Waals surface area contributed by atoms with Crippen LogP contribution in [0.4, 0.5) is 0 Å². The molecule has 5 aromatic carbocycles. The number of hydrogen-bond acceptors (Lipinski definition) is 2. The molecule has 0 unspecified atom stereocenters. The predicted octanol–water partition coefficient (Wildman–Crippen LogP) is 9.60. The van der Waals surface area contributed by atoms with Crippen LogP contribution in [0.3, 0.4) is 0 Å². The Morgan fingerprint density at radius 2 is 1.21 bits per heavy atom. The van der Waals surface area contributed by atoms with Gasteiger partial charge in [0, 0.05) is 22.2 Å². The molecule has 3 heterocycles. The van der Waals surface area contributed by atoms with Crippen molar-refractivity contribution in [2.45, 2.75) is 0 Å². The molecule has 0 radical (unpaired) electrons. The predicted molar refractivity (Wildman–Crippen MR) is 176 cm³/mol. The maximum Gasteiger partial charge on any atom is 0.146 e. The standard InChI is InChI=1S/C38H26N4/c1-3-29-31-24-27(20-23-30(31)38-40-33-15-9-11-17-36(33)42(38)34(29)4-2)25-18-21-28(22-19-25)41-35-16-10-8-14-32(35)39-37(41)26-12-6-5-7-13-26/h3-24H,1-2H2. The lowest BCUT2D eigenvalue weighted by Gasteiger charge is -2.14. The Morgan fingerprint density at radius 1 is 0.548 bits per heavy atom. The topological polar surface area (TPSA) is 35.1 Å². The first-order valence-electron chi connectivity index (χ1n) is 14.0. The fourth-order valence-electron chi connectivity index (χ4n) is 6.14. The highest BCUT2D eigenvalue weighted by Gasteiger charge is 2.17. The van der Waals surface area contributed by atoms with Crippen molar-refractivity contribution < 1.29 is 0 Å². The van der Waals surface area contributed by atoms with Crippen molar-refractivity contribution in [3.05, 3.63) is 146 Å². The number of benzene rings is 5. The zero-order valence-corrected chi connectivity index (χ0v) is 22.9. The van der Waals surface area contributed by atoms with Crippen LogP contribution in [0.15, 0.2) is 134 Å². The maximum atomic E-state index is 5.00. The lowest BCUT2D eigenvalue weighted by Crippen LogP contribution is -1.98. The van der Waals surface area contributed by atoms with Gasteiger partial charge in [0.05, 0.1) is 27.8 Å². The molecule has 4 heteroatoms. The van der Waals surface area contributed by atoms with Gasteiger partial charge in [-0.05, 0) is 71.1 Å². The molecule has 0 atom stereocenters. The molecule has 3 aromatic heterocycles. The van der Waals surface area contributed by atoms with E-state index in [1.165, 1.54) is 0 Å². The number of aromatic nitrogens is 4. The number of pyridine rings is 1. The van der Waals surface area contributed by atoms with Gasteiger partial charge in [-0.15, -0.1) is 0 Å². The molecule has 0 N–H and O–H groups in total. The van der Waals surface area contributed by atoms with Gasteiger partial charge in [0.1, 0.15) is 11.5 Å². The molecule has 0 saturated carbocycles. The molecular weight excluding hydrogens is 512 g/mol. The number of imidazole rings is 2. The second-order valence-corrected chi connectivity index (χ2v) is 10.4. The van der Waals surface area contributed by atoms with Crippen molar-refractivity contribution in [2.75, 3.05) is 0 Å². The van der Waals surface area contributed by atoms with Crippen molar-refractivity contribution in [3.63, 3.8) is 0 Å². The average molecular weight is 539 g/mol. The van der Waals surface area contributed by atoms with Crippen LogP contribution in [0.2, 0.25) is 0 Å². The van der Waals surface area contributed by atoms with Crippen LogP contribution in [-0.2, 0) is 0 Å². The molecule has 8 aromatic rings. The second kappa shape index (κ2) is 9.43. The van der Waals surface area contributed by atoms with Crippen LogP contribution in [-0.4, -0.2) is 18.9 Å². The van der Waals surface area contributed by atoms with Gasteiger partial charge in [-0.3, -0.25) is 8.97 Å². The van der Waals surface area contributed by atoms with Crippen LogP contribution in [0.1, 0.15) is 11.3 Å². The zero-order valence-electron chi connectivity index (χ0n) is 22.9. The Balaban J connectivity index is 1.29. The third-order valence-corrected chi connectivity index (χ3v) is 8.08. The first-order valence-corrected chi connectivity index (χ1v) is 14.0. The van der Waals surface area contributed by atoms with Crippen molar-refractivity contribution in [3.8, 4) is 28.2 Å². The maximum absolute atomic E-state index is 5.00. The summed E-state index contributed by atoms with van der Waals surface area (Å²) in [5.74, 6) is 0.930. The average Bonchev–Trinajstić information content (AvgIpc) is 3.64. The van der Waals surface area contributed by atoms with Crippen molar-refractivity contribution >= 4 is 50.6 Å². The van der Waals surface area contributed by atoms with E-state index >= 15 is 0 Å². The van der Waals surface area contributed by atoms with Crippen LogP contribution in [0.25, 0.3) is 78.8 Å². The van der Waals surface area contributed by atoms with E-state index in [0.717, 1.165) is 77.9 Å². The van der Waals surface area contributed by atoms with Crippen molar-refractivity contribution in [1.29, 1.82) is 0 Å². The smallest absolute Gasteiger partial charge is 0.146 e. The third-order valence-electron chi connectivity index (χ3n) is 8.08. The Morgan fingerprint density at radius 3 is 1.95 bits per heavy atom. The minimum atomic E-state index is 0.925. The summed E-state index contributed by atoms with van der Waals surface area (Å²) in [7, 11) is 0. The van der Waals surface area contributed by atoms with Crippen molar-refractivity contribution in [2.24, 2.45) is 0 Å². The van der Waals surface area contributed by atoms with Gasteiger partial charge in [-0.2, -0.15) is 0 Å². The number of rotatable bonds is 5. The van der Waals surface area contributed by atoms with Gasteiger partial charge < -0.3 is 0 Å². The monoisotopic (exact) mass is 538 g/mol. The number of fused-ring (bicyclic) bond motifs is 6. The van der Waals surface area contributed by atoms with E-state index in [9.17, 15) is 0 Å². The minimum Gasteiger partial charge on any atom is -0.292 e. The van der Waals surface area contributed by atoms with Gasteiger partial charge in [-0.1, -0.05) is 92.0 Å². The molecule has 0 aliphatic rings. The quantitative estimate of drug-likeness (QED) is 0.219. The van der Waals surface area contributed by atoms with E-state index in [4.69, 9.17) is 9.97 Å². The molecular formula is C38H26N4. The summed E-state index contributed by atoms with van der Waals surface area (Å²) in [6, 6.07) is 42.2. The molecule has 42 heavy (non-hydrogen) atoms. The summed E-state index contributed by atoms with van der Waals surface area (Å²) in [6.07, 6.45) is 3.83. The highest BCUT2D eigenvalue weighted by atomic mass is 15.1. The van der Waals surface area contributed by atoms with Gasteiger partial charge in [0.15, 0.2) is 0 Å². The zero-order chi connectivity index (χ0) is 28.2. The van der Waals surface area contributed by atoms with Crippen LogP contribution < -0.4 is 0 Å². The van der Waals surface area contributed by atoms with Crippen molar-refractivity contribution in [1.82, 2.24) is 18.9 Å². The normalized spacial score (nSPS) is 11.5. The fourth-order valence-corrected chi connectivity index (χ4v) is 6.14. The molecule has 0 spiro atoms. The highest BCUT2D eigenvalue weighted by molar-refractivity contribution is 6.05. The van der Waals surface area contributed by atoms with Crippen LogP contribution >= 0.6 is 0 Å². The molecule has 0 aliphatic heterocycles. The lowest BCUT2D eigenvalue weighted by molar-refractivity contribution is 1.10. The summed E-state index contributed by atoms with van der Waals surface area (Å²) in [6.45, 7) is 8.32. The largest absolute Gasteiger partial charge is 0.292 e.